The number of benzene rings is 2. The third kappa shape index (κ3) is 3.45. The highest BCUT2D eigenvalue weighted by molar-refractivity contribution is 7.90. The Morgan fingerprint density at radius 2 is 1.52 bits per heavy atom. The van der Waals surface area contributed by atoms with Crippen LogP contribution in [0.4, 0.5) is 17.6 Å². The van der Waals surface area contributed by atoms with Crippen molar-refractivity contribution in [1.82, 2.24) is 10.2 Å². The number of carbonyl (C=O) groups excluding carboxylic acids is 1. The first kappa shape index (κ1) is 18.7. The highest BCUT2D eigenvalue weighted by atomic mass is 32.2. The van der Waals surface area contributed by atoms with Gasteiger partial charge in [-0.05, 0) is 12.1 Å². The molecule has 0 spiro atoms. The van der Waals surface area contributed by atoms with Crippen molar-refractivity contribution in [3.63, 3.8) is 0 Å². The summed E-state index contributed by atoms with van der Waals surface area (Å²) in [6, 6.07) is 4.67. The summed E-state index contributed by atoms with van der Waals surface area (Å²) in [5.74, 6) is -8.47. The summed E-state index contributed by atoms with van der Waals surface area (Å²) < 4.78 is 81.6. The van der Waals surface area contributed by atoms with Crippen LogP contribution in [0.2, 0.25) is 0 Å². The van der Waals surface area contributed by atoms with Gasteiger partial charge in [0.25, 0.3) is 0 Å². The van der Waals surface area contributed by atoms with E-state index in [1.807, 2.05) is 0 Å². The average Bonchev–Trinajstić information content (AvgIpc) is 3.11. The summed E-state index contributed by atoms with van der Waals surface area (Å²) in [7, 11) is -3.71. The lowest BCUT2D eigenvalue weighted by Crippen LogP contribution is -2.11. The summed E-state index contributed by atoms with van der Waals surface area (Å²) in [5, 5.41) is 6.28. The van der Waals surface area contributed by atoms with Crippen molar-refractivity contribution in [2.45, 2.75) is 5.22 Å². The standard InChI is InChI=1S/C16H8F4N2O4S/c1-27(24,25)16-22-21-15(26-16)8-4-2-7(3-5-8)14(23)11-12(19)9(17)6-10(18)13(11)20/h2-6H,1H3. The molecule has 1 heterocycles. The van der Waals surface area contributed by atoms with Gasteiger partial charge in [-0.3, -0.25) is 4.79 Å². The monoisotopic (exact) mass is 400 g/mol. The van der Waals surface area contributed by atoms with E-state index in [9.17, 15) is 30.8 Å². The molecule has 27 heavy (non-hydrogen) atoms. The molecule has 0 aliphatic heterocycles. The number of aromatic nitrogens is 2. The van der Waals surface area contributed by atoms with Gasteiger partial charge < -0.3 is 4.42 Å². The molecule has 2 aromatic carbocycles. The minimum absolute atomic E-state index is 0.000508. The maximum Gasteiger partial charge on any atom is 0.335 e. The van der Waals surface area contributed by atoms with Gasteiger partial charge in [-0.2, -0.15) is 0 Å². The Morgan fingerprint density at radius 3 is 2.00 bits per heavy atom. The number of rotatable bonds is 4. The van der Waals surface area contributed by atoms with Crippen LogP contribution in [-0.2, 0) is 9.84 Å². The number of nitrogens with zero attached hydrogens (tertiary/aromatic N) is 2. The second kappa shape index (κ2) is 6.58. The van der Waals surface area contributed by atoms with E-state index in [2.05, 4.69) is 10.2 Å². The van der Waals surface area contributed by atoms with Gasteiger partial charge in [-0.15, -0.1) is 5.10 Å². The molecule has 3 rings (SSSR count). The molecule has 3 aromatic rings. The van der Waals surface area contributed by atoms with Crippen LogP contribution in [0.25, 0.3) is 11.5 Å². The molecule has 0 saturated heterocycles. The van der Waals surface area contributed by atoms with Gasteiger partial charge in [0.15, 0.2) is 29.1 Å². The van der Waals surface area contributed by atoms with Crippen LogP contribution >= 0.6 is 0 Å². The fourth-order valence-electron chi connectivity index (χ4n) is 2.16. The van der Waals surface area contributed by atoms with E-state index in [-0.39, 0.29) is 23.1 Å². The van der Waals surface area contributed by atoms with Crippen molar-refractivity contribution >= 4 is 15.6 Å². The van der Waals surface area contributed by atoms with Crippen molar-refractivity contribution in [3.8, 4) is 11.5 Å². The topological polar surface area (TPSA) is 90.1 Å². The molecule has 0 aliphatic carbocycles. The van der Waals surface area contributed by atoms with Crippen molar-refractivity contribution in [1.29, 1.82) is 0 Å². The Bertz CT molecular complexity index is 1130. The molecule has 11 heteroatoms. The van der Waals surface area contributed by atoms with Crippen LogP contribution in [0, 0.1) is 23.3 Å². The number of hydrogen-bond acceptors (Lipinski definition) is 6. The van der Waals surface area contributed by atoms with Crippen LogP contribution in [0.5, 0.6) is 0 Å². The number of ketones is 1. The second-order valence-corrected chi connectivity index (χ2v) is 7.29. The third-order valence-electron chi connectivity index (χ3n) is 3.46. The van der Waals surface area contributed by atoms with E-state index in [4.69, 9.17) is 4.42 Å². The van der Waals surface area contributed by atoms with E-state index in [0.717, 1.165) is 18.4 Å². The first-order valence-electron chi connectivity index (χ1n) is 7.11. The van der Waals surface area contributed by atoms with E-state index in [1.165, 1.54) is 12.1 Å². The highest BCUT2D eigenvalue weighted by Crippen LogP contribution is 2.24. The Kier molecular flexibility index (Phi) is 4.56. The number of halogens is 4. The van der Waals surface area contributed by atoms with Gasteiger partial charge in [0.2, 0.25) is 15.7 Å². The summed E-state index contributed by atoms with van der Waals surface area (Å²) in [4.78, 5) is 12.2. The van der Waals surface area contributed by atoms with Gasteiger partial charge >= 0.3 is 5.22 Å². The predicted octanol–water partition coefficient (Wildman–Crippen LogP) is 2.93. The fraction of sp³-hybridized carbons (Fsp3) is 0.0625. The molecular formula is C16H8F4N2O4S. The van der Waals surface area contributed by atoms with Gasteiger partial charge in [0.1, 0.15) is 5.56 Å². The van der Waals surface area contributed by atoms with Crippen LogP contribution in [0.15, 0.2) is 40.0 Å². The van der Waals surface area contributed by atoms with E-state index >= 15 is 0 Å². The minimum atomic E-state index is -3.71. The van der Waals surface area contributed by atoms with Crippen LogP contribution < -0.4 is 0 Å². The molecule has 0 fully saturated rings. The van der Waals surface area contributed by atoms with Gasteiger partial charge in [-0.25, -0.2) is 26.0 Å². The molecule has 0 bridgehead atoms. The molecular weight excluding hydrogens is 392 g/mol. The SMILES string of the molecule is CS(=O)(=O)c1nnc(-c2ccc(C(=O)c3c(F)c(F)cc(F)c3F)cc2)o1. The average molecular weight is 400 g/mol. The summed E-state index contributed by atoms with van der Waals surface area (Å²) in [6.45, 7) is 0. The third-order valence-corrected chi connectivity index (χ3v) is 4.26. The lowest BCUT2D eigenvalue weighted by molar-refractivity contribution is 0.102. The highest BCUT2D eigenvalue weighted by Gasteiger charge is 2.26. The zero-order chi connectivity index (χ0) is 19.9. The van der Waals surface area contributed by atoms with Crippen molar-refractivity contribution in [3.05, 3.63) is 64.7 Å². The molecule has 0 radical (unpaired) electrons. The first-order valence-corrected chi connectivity index (χ1v) is 9.00. The van der Waals surface area contributed by atoms with Gasteiger partial charge in [0, 0.05) is 23.4 Å². The molecule has 0 aliphatic rings. The maximum atomic E-state index is 13.7. The summed E-state index contributed by atoms with van der Waals surface area (Å²) in [6.07, 6.45) is 0.868. The number of sulfone groups is 1. The predicted molar refractivity (Wildman–Crippen MR) is 82.6 cm³/mol. The Hall–Kier alpha value is -3.08. The fourth-order valence-corrected chi connectivity index (χ4v) is 2.58. The normalized spacial score (nSPS) is 11.6. The Labute approximate surface area is 149 Å². The molecule has 0 unspecified atom stereocenters. The van der Waals surface area contributed by atoms with Gasteiger partial charge in [-0.1, -0.05) is 17.2 Å². The van der Waals surface area contributed by atoms with E-state index in [0.29, 0.717) is 0 Å². The smallest absolute Gasteiger partial charge is 0.335 e. The summed E-state index contributed by atoms with van der Waals surface area (Å²) >= 11 is 0. The number of hydrogen-bond donors (Lipinski definition) is 0. The molecule has 1 aromatic heterocycles. The first-order chi connectivity index (χ1) is 12.6. The van der Waals surface area contributed by atoms with Crippen molar-refractivity contribution in [2.75, 3.05) is 6.26 Å². The van der Waals surface area contributed by atoms with Crippen molar-refractivity contribution in [2.24, 2.45) is 0 Å². The van der Waals surface area contributed by atoms with E-state index in [1.54, 1.807) is 0 Å². The Morgan fingerprint density at radius 1 is 0.963 bits per heavy atom. The molecule has 0 N–H and O–H groups in total. The van der Waals surface area contributed by atoms with E-state index < -0.39 is 49.7 Å². The molecule has 0 amide bonds. The molecule has 140 valence electrons. The molecule has 0 atom stereocenters. The van der Waals surface area contributed by atoms with Crippen LogP contribution in [0.1, 0.15) is 15.9 Å². The largest absolute Gasteiger partial charge is 0.408 e. The second-order valence-electron chi connectivity index (χ2n) is 5.39. The zero-order valence-electron chi connectivity index (χ0n) is 13.3. The minimum Gasteiger partial charge on any atom is -0.408 e. The van der Waals surface area contributed by atoms with Crippen molar-refractivity contribution < 1.29 is 35.2 Å². The maximum absolute atomic E-state index is 13.7. The summed E-state index contributed by atoms with van der Waals surface area (Å²) in [5.41, 5.74) is -1.43. The van der Waals surface area contributed by atoms with Crippen LogP contribution in [0.3, 0.4) is 0 Å². The quantitative estimate of drug-likeness (QED) is 0.380. The Balaban J connectivity index is 1.97. The molecule has 6 nitrogen and oxygen atoms in total. The zero-order valence-corrected chi connectivity index (χ0v) is 14.2. The lowest BCUT2D eigenvalue weighted by atomic mass is 10.0. The van der Waals surface area contributed by atoms with Crippen LogP contribution in [-0.4, -0.2) is 30.7 Å². The lowest BCUT2D eigenvalue weighted by Gasteiger charge is -2.06. The number of carbonyl (C=O) groups is 1. The molecule has 0 saturated carbocycles. The van der Waals surface area contributed by atoms with Gasteiger partial charge in [0.05, 0.1) is 0 Å².